The molecule has 0 spiro atoms. The summed E-state index contributed by atoms with van der Waals surface area (Å²) >= 11 is 0. The van der Waals surface area contributed by atoms with Gasteiger partial charge in [0.2, 0.25) is 0 Å². The van der Waals surface area contributed by atoms with Crippen molar-refractivity contribution >= 4 is 11.8 Å². The van der Waals surface area contributed by atoms with E-state index < -0.39 is 11.6 Å². The average molecular weight is 537 g/mol. The maximum atomic E-state index is 12.5. The molecule has 1 aromatic rings. The molecule has 214 valence electrons. The highest BCUT2D eigenvalue weighted by atomic mass is 16.5. The molecule has 0 saturated heterocycles. The molecule has 0 aliphatic heterocycles. The van der Waals surface area contributed by atoms with Gasteiger partial charge in [-0.1, -0.05) is 31.6 Å². The summed E-state index contributed by atoms with van der Waals surface area (Å²) in [6.45, 7) is 7.44. The molecule has 5 heteroatoms. The van der Waals surface area contributed by atoms with Crippen LogP contribution in [0.3, 0.4) is 0 Å². The van der Waals surface area contributed by atoms with Gasteiger partial charge in [0.15, 0.2) is 5.78 Å². The number of hydrogen-bond donors (Lipinski definition) is 2. The number of aryl methyl sites for hydroxylation is 1. The van der Waals surface area contributed by atoms with Gasteiger partial charge in [-0.3, -0.25) is 9.59 Å². The summed E-state index contributed by atoms with van der Waals surface area (Å²) in [4.78, 5) is 23.1. The Hall–Kier alpha value is -2.14. The van der Waals surface area contributed by atoms with Crippen molar-refractivity contribution in [2.75, 3.05) is 6.61 Å². The zero-order chi connectivity index (χ0) is 27.8. The smallest absolute Gasteiger partial charge is 0.303 e. The molecule has 1 aromatic carbocycles. The maximum Gasteiger partial charge on any atom is 0.303 e. The number of aliphatic carboxylic acids is 1. The highest BCUT2D eigenvalue weighted by molar-refractivity contribution is 5.91. The number of carbonyl (C=O) groups excluding carboxylic acids is 1. The number of aliphatic hydroxyl groups is 1. The molecule has 0 aromatic heterocycles. The third-order valence-electron chi connectivity index (χ3n) is 11.7. The number of ketones is 1. The van der Waals surface area contributed by atoms with Gasteiger partial charge in [-0.2, -0.15) is 0 Å². The van der Waals surface area contributed by atoms with E-state index in [1.807, 2.05) is 18.2 Å². The lowest BCUT2D eigenvalue weighted by Gasteiger charge is -2.61. The lowest BCUT2D eigenvalue weighted by Crippen LogP contribution is -2.56. The molecule has 5 nitrogen and oxygen atoms in total. The maximum absolute atomic E-state index is 12.5. The van der Waals surface area contributed by atoms with Crippen LogP contribution in [0, 0.1) is 34.5 Å². The third-order valence-corrected chi connectivity index (χ3v) is 11.7. The lowest BCUT2D eigenvalue weighted by molar-refractivity contribution is -0.137. The van der Waals surface area contributed by atoms with Crippen LogP contribution in [0.4, 0.5) is 0 Å². The standard InChI is InChI=1S/C34H48O5/c1-32-17-14-26(35)22-25(32)21-24(31-28(32)15-18-33(2)29(31)16-19-34(33,3)38)8-6-7-23-10-12-27(13-11-23)39-20-5-4-9-30(36)37/h10-13,22,24,28-29,31,38H,4-9,14-21H2,1-3H3,(H,36,37)/t24-,28+,29+,31-,32+,33+,34+/m1/s1. The van der Waals surface area contributed by atoms with Crippen LogP contribution in [-0.2, 0) is 16.0 Å². The number of ether oxygens (including phenoxy) is 1. The van der Waals surface area contributed by atoms with Gasteiger partial charge in [-0.25, -0.2) is 0 Å². The van der Waals surface area contributed by atoms with E-state index in [0.717, 1.165) is 57.1 Å². The van der Waals surface area contributed by atoms with Crippen molar-refractivity contribution in [3.05, 3.63) is 41.5 Å². The van der Waals surface area contributed by atoms with Gasteiger partial charge >= 0.3 is 5.97 Å². The molecule has 2 N–H and O–H groups in total. The first kappa shape index (κ1) is 28.4. The van der Waals surface area contributed by atoms with E-state index >= 15 is 0 Å². The van der Waals surface area contributed by atoms with E-state index in [4.69, 9.17) is 9.84 Å². The number of carboxylic acids is 1. The largest absolute Gasteiger partial charge is 0.494 e. The summed E-state index contributed by atoms with van der Waals surface area (Å²) in [7, 11) is 0. The Balaban J connectivity index is 1.24. The minimum atomic E-state index is -0.756. The Kier molecular flexibility index (Phi) is 8.03. The minimum Gasteiger partial charge on any atom is -0.494 e. The van der Waals surface area contributed by atoms with Gasteiger partial charge in [0.25, 0.3) is 0 Å². The number of fused-ring (bicyclic) bond motifs is 5. The normalized spacial score (nSPS) is 37.4. The van der Waals surface area contributed by atoms with Crippen molar-refractivity contribution in [2.24, 2.45) is 34.5 Å². The predicted octanol–water partition coefficient (Wildman–Crippen LogP) is 7.15. The topological polar surface area (TPSA) is 83.8 Å². The van der Waals surface area contributed by atoms with Crippen molar-refractivity contribution < 1.29 is 24.5 Å². The number of carbonyl (C=O) groups is 2. The van der Waals surface area contributed by atoms with Crippen LogP contribution in [0.2, 0.25) is 0 Å². The van der Waals surface area contributed by atoms with Crippen molar-refractivity contribution in [2.45, 2.75) is 110 Å². The first-order valence-electron chi connectivity index (χ1n) is 15.4. The highest BCUT2D eigenvalue weighted by Gasteiger charge is 2.64. The molecule has 0 radical (unpaired) electrons. The van der Waals surface area contributed by atoms with E-state index in [1.54, 1.807) is 0 Å². The Morgan fingerprint density at radius 3 is 2.49 bits per heavy atom. The van der Waals surface area contributed by atoms with Crippen molar-refractivity contribution in [3.8, 4) is 5.75 Å². The van der Waals surface area contributed by atoms with Crippen LogP contribution in [0.15, 0.2) is 35.9 Å². The van der Waals surface area contributed by atoms with Gasteiger partial charge in [-0.15, -0.1) is 0 Å². The summed E-state index contributed by atoms with van der Waals surface area (Å²) in [6.07, 6.45) is 14.0. The molecule has 0 unspecified atom stereocenters. The molecule has 0 amide bonds. The van der Waals surface area contributed by atoms with E-state index in [1.165, 1.54) is 24.0 Å². The van der Waals surface area contributed by atoms with E-state index in [9.17, 15) is 14.7 Å². The van der Waals surface area contributed by atoms with Gasteiger partial charge in [-0.05, 0) is 136 Å². The van der Waals surface area contributed by atoms with E-state index in [2.05, 4.69) is 32.9 Å². The Morgan fingerprint density at radius 1 is 1.00 bits per heavy atom. The van der Waals surface area contributed by atoms with Crippen LogP contribution in [0.1, 0.15) is 103 Å². The molecule has 5 rings (SSSR count). The van der Waals surface area contributed by atoms with Crippen molar-refractivity contribution in [3.63, 3.8) is 0 Å². The molecule has 0 heterocycles. The van der Waals surface area contributed by atoms with E-state index in [0.29, 0.717) is 48.9 Å². The summed E-state index contributed by atoms with van der Waals surface area (Å²) in [5.74, 6) is 2.79. The fraction of sp³-hybridized carbons (Fsp3) is 0.706. The van der Waals surface area contributed by atoms with E-state index in [-0.39, 0.29) is 17.3 Å². The molecule has 39 heavy (non-hydrogen) atoms. The lowest BCUT2D eigenvalue weighted by atomic mass is 9.44. The van der Waals surface area contributed by atoms with Crippen molar-refractivity contribution in [1.82, 2.24) is 0 Å². The molecule has 3 fully saturated rings. The molecule has 7 atom stereocenters. The van der Waals surface area contributed by atoms with Crippen molar-refractivity contribution in [1.29, 1.82) is 0 Å². The molecular weight excluding hydrogens is 488 g/mol. The zero-order valence-electron chi connectivity index (χ0n) is 24.2. The molecule has 3 saturated carbocycles. The fourth-order valence-electron chi connectivity index (χ4n) is 9.13. The van der Waals surface area contributed by atoms with Crippen LogP contribution in [0.5, 0.6) is 5.75 Å². The average Bonchev–Trinajstić information content (AvgIpc) is 3.14. The minimum absolute atomic E-state index is 0.00205. The number of rotatable bonds is 10. The van der Waals surface area contributed by atoms with Crippen LogP contribution in [0.25, 0.3) is 0 Å². The Bertz CT molecular complexity index is 1090. The molecular formula is C34H48O5. The number of hydrogen-bond acceptors (Lipinski definition) is 4. The van der Waals surface area contributed by atoms with Gasteiger partial charge in [0.1, 0.15) is 5.75 Å². The molecule has 4 aliphatic rings. The fourth-order valence-corrected chi connectivity index (χ4v) is 9.13. The first-order valence-corrected chi connectivity index (χ1v) is 15.4. The third kappa shape index (κ3) is 5.45. The SMILES string of the molecule is C[C@]12CCC(=O)C=C1C[C@@H](CCCc1ccc(OCCCCC(=O)O)cc1)[C@@H]1[C@@H]2CC[C@@]2(C)[C@H]1CC[C@]2(C)O. The zero-order valence-corrected chi connectivity index (χ0v) is 24.2. The van der Waals surface area contributed by atoms with Gasteiger partial charge < -0.3 is 14.9 Å². The second-order valence-electron chi connectivity index (χ2n) is 13.8. The Labute approximate surface area is 234 Å². The summed E-state index contributed by atoms with van der Waals surface area (Å²) < 4.78 is 5.79. The second-order valence-corrected chi connectivity index (χ2v) is 13.8. The predicted molar refractivity (Wildman–Crippen MR) is 153 cm³/mol. The summed E-state index contributed by atoms with van der Waals surface area (Å²) in [5.41, 5.74) is 2.30. The molecule has 4 aliphatic carbocycles. The summed E-state index contributed by atoms with van der Waals surface area (Å²) in [6, 6.07) is 8.36. The number of allylic oxidation sites excluding steroid dienone is 1. The van der Waals surface area contributed by atoms with Crippen LogP contribution >= 0.6 is 0 Å². The summed E-state index contributed by atoms with van der Waals surface area (Å²) in [5, 5.41) is 20.2. The number of benzene rings is 1. The molecule has 0 bridgehead atoms. The number of unbranched alkanes of at least 4 members (excludes halogenated alkanes) is 1. The van der Waals surface area contributed by atoms with Crippen LogP contribution in [-0.4, -0.2) is 34.2 Å². The van der Waals surface area contributed by atoms with Gasteiger partial charge in [0.05, 0.1) is 12.2 Å². The monoisotopic (exact) mass is 536 g/mol. The highest BCUT2D eigenvalue weighted by Crippen LogP contribution is 2.69. The second kappa shape index (κ2) is 11.0. The van der Waals surface area contributed by atoms with Gasteiger partial charge in [0, 0.05) is 12.8 Å². The Morgan fingerprint density at radius 2 is 1.74 bits per heavy atom. The first-order chi connectivity index (χ1) is 18.5. The quantitative estimate of drug-likeness (QED) is 0.310. The number of carboxylic acid groups (broad SMARTS) is 1. The van der Waals surface area contributed by atoms with Crippen LogP contribution < -0.4 is 4.74 Å².